The number of Topliss-reactive ketones (excluding diaryl/α,β-unsaturated/α-hetero) is 1. The van der Waals surface area contributed by atoms with Crippen molar-refractivity contribution in [3.05, 3.63) is 0 Å². The van der Waals surface area contributed by atoms with E-state index in [1.165, 1.54) is 0 Å². The van der Waals surface area contributed by atoms with Gasteiger partial charge in [0.05, 0.1) is 18.6 Å². The van der Waals surface area contributed by atoms with Crippen LogP contribution in [0, 0.1) is 10.8 Å². The first-order valence-electron chi connectivity index (χ1n) is 11.8. The number of carbonyl (C=O) groups excluding carboxylic acids is 5. The summed E-state index contributed by atoms with van der Waals surface area (Å²) in [5.41, 5.74) is -2.59. The minimum Gasteiger partial charge on any atom is -0.453 e. The van der Waals surface area contributed by atoms with Crippen LogP contribution in [0.4, 0.5) is 22.4 Å². The van der Waals surface area contributed by atoms with Crippen LogP contribution in [0.2, 0.25) is 0 Å². The van der Waals surface area contributed by atoms with E-state index in [2.05, 4.69) is 20.7 Å². The summed E-state index contributed by atoms with van der Waals surface area (Å²) in [6, 6.07) is -4.43. The van der Waals surface area contributed by atoms with Crippen LogP contribution >= 0.6 is 0 Å². The van der Waals surface area contributed by atoms with Gasteiger partial charge in [0, 0.05) is 26.4 Å². The fourth-order valence-electron chi connectivity index (χ4n) is 4.43. The van der Waals surface area contributed by atoms with Gasteiger partial charge in [-0.3, -0.25) is 19.2 Å². The quantitative estimate of drug-likeness (QED) is 0.302. The molecular formula is C23H34F4N4O6. The van der Waals surface area contributed by atoms with E-state index in [4.69, 9.17) is 0 Å². The van der Waals surface area contributed by atoms with Crippen LogP contribution in [0.25, 0.3) is 0 Å². The monoisotopic (exact) mass is 538 g/mol. The molecule has 2 aliphatic rings. The Morgan fingerprint density at radius 3 is 2.08 bits per heavy atom. The zero-order valence-electron chi connectivity index (χ0n) is 21.7. The third-order valence-electron chi connectivity index (χ3n) is 6.75. The van der Waals surface area contributed by atoms with Crippen LogP contribution in [0.15, 0.2) is 0 Å². The fraction of sp³-hybridized carbons (Fsp3) is 0.783. The highest BCUT2D eigenvalue weighted by Gasteiger charge is 2.75. The molecule has 1 aliphatic carbocycles. The number of amides is 4. The molecule has 10 nitrogen and oxygen atoms in total. The molecule has 0 bridgehead atoms. The molecule has 1 aliphatic heterocycles. The molecule has 0 radical (unpaired) electrons. The molecule has 1 heterocycles. The summed E-state index contributed by atoms with van der Waals surface area (Å²) in [6.07, 6.45) is -3.40. The smallest absolute Gasteiger partial charge is 0.407 e. The van der Waals surface area contributed by atoms with Crippen LogP contribution in [0.5, 0.6) is 0 Å². The number of carbonyl (C=O) groups is 5. The topological polar surface area (TPSA) is 134 Å². The Balaban J connectivity index is 2.37. The van der Waals surface area contributed by atoms with E-state index in [-0.39, 0.29) is 0 Å². The van der Waals surface area contributed by atoms with Crippen molar-refractivity contribution in [1.82, 2.24) is 20.9 Å². The fourth-order valence-corrected chi connectivity index (χ4v) is 4.43. The number of halogens is 4. The molecule has 37 heavy (non-hydrogen) atoms. The number of ether oxygens (including phenoxy) is 1. The predicted octanol–water partition coefficient (Wildman–Crippen LogP) is 1.62. The van der Waals surface area contributed by atoms with Gasteiger partial charge in [-0.25, -0.2) is 22.4 Å². The van der Waals surface area contributed by atoms with Crippen LogP contribution in [0.1, 0.15) is 53.4 Å². The molecule has 14 heteroatoms. The lowest BCUT2D eigenvalue weighted by molar-refractivity contribution is -0.144. The van der Waals surface area contributed by atoms with Gasteiger partial charge in [0.25, 0.3) is 11.8 Å². The third kappa shape index (κ3) is 6.89. The number of likely N-dealkylation sites (tertiary alicyclic amines) is 1. The minimum atomic E-state index is -3.21. The maximum Gasteiger partial charge on any atom is 0.407 e. The zero-order chi connectivity index (χ0) is 28.6. The molecule has 3 N–H and O–H groups in total. The van der Waals surface area contributed by atoms with Gasteiger partial charge in [0.1, 0.15) is 12.1 Å². The van der Waals surface area contributed by atoms with E-state index in [9.17, 15) is 41.5 Å². The van der Waals surface area contributed by atoms with Gasteiger partial charge in [-0.2, -0.15) is 0 Å². The van der Waals surface area contributed by atoms with Gasteiger partial charge in [0.2, 0.25) is 23.5 Å². The molecule has 0 aromatic rings. The number of ketones is 1. The lowest BCUT2D eigenvalue weighted by Gasteiger charge is -2.35. The molecule has 210 valence electrons. The molecule has 1 spiro atoms. The average Bonchev–Trinajstić information content (AvgIpc) is 3.11. The van der Waals surface area contributed by atoms with Crippen molar-refractivity contribution in [2.45, 2.75) is 83.3 Å². The predicted molar refractivity (Wildman–Crippen MR) is 122 cm³/mol. The van der Waals surface area contributed by atoms with Crippen molar-refractivity contribution in [2.75, 3.05) is 20.7 Å². The minimum absolute atomic E-state index is 0.447. The van der Waals surface area contributed by atoms with E-state index in [0.29, 0.717) is 6.92 Å². The Kier molecular flexibility index (Phi) is 8.55. The Bertz CT molecular complexity index is 949. The van der Waals surface area contributed by atoms with Crippen molar-refractivity contribution in [3.8, 4) is 0 Å². The molecule has 1 saturated heterocycles. The molecule has 4 atom stereocenters. The first kappa shape index (κ1) is 30.3. The van der Waals surface area contributed by atoms with Crippen LogP contribution in [-0.2, 0) is 23.9 Å². The number of alkyl halides is 4. The van der Waals surface area contributed by atoms with E-state index in [1.807, 2.05) is 0 Å². The highest BCUT2D eigenvalue weighted by atomic mass is 19.3. The Morgan fingerprint density at radius 2 is 1.65 bits per heavy atom. The number of nitrogens with zero attached hydrogens (tertiary/aromatic N) is 1. The molecule has 2 fully saturated rings. The lowest BCUT2D eigenvalue weighted by atomic mass is 9.85. The average molecular weight is 539 g/mol. The summed E-state index contributed by atoms with van der Waals surface area (Å²) < 4.78 is 60.1. The zero-order valence-corrected chi connectivity index (χ0v) is 21.7. The number of hydrogen-bond donors (Lipinski definition) is 3. The summed E-state index contributed by atoms with van der Waals surface area (Å²) in [5, 5.41) is 6.65. The summed E-state index contributed by atoms with van der Waals surface area (Å²) >= 11 is 0. The van der Waals surface area contributed by atoms with Crippen molar-refractivity contribution in [1.29, 1.82) is 0 Å². The highest BCUT2D eigenvalue weighted by molar-refractivity contribution is 6.38. The summed E-state index contributed by atoms with van der Waals surface area (Å²) in [4.78, 5) is 63.9. The number of methoxy groups -OCH3 is 1. The van der Waals surface area contributed by atoms with Crippen molar-refractivity contribution < 1.29 is 46.3 Å². The van der Waals surface area contributed by atoms with Gasteiger partial charge < -0.3 is 25.6 Å². The summed E-state index contributed by atoms with van der Waals surface area (Å²) in [7, 11) is 2.22. The number of likely N-dealkylation sites (N-methyl/N-ethyl adjacent to an activating group) is 1. The van der Waals surface area contributed by atoms with Crippen LogP contribution in [0.3, 0.4) is 0 Å². The molecule has 4 amide bonds. The standard InChI is InChI=1S/C23H34F4N4O6/c1-20(2,3)15(30-19(36)37-6)18(35)31-11-22(10-23(22,26)27)9-13(31)16(33)29-12(7-8-21(4,24)25)14(32)17(34)28-5/h12-13,15H,7-11H2,1-6H3,(H,28,34)(H,29,33)(H,30,36)/t12-,13-,15+,22?/m0/s1. The third-order valence-corrected chi connectivity index (χ3v) is 6.75. The molecule has 0 aromatic carbocycles. The van der Waals surface area contributed by atoms with E-state index in [1.54, 1.807) is 20.8 Å². The molecule has 0 aromatic heterocycles. The van der Waals surface area contributed by atoms with Crippen molar-refractivity contribution in [2.24, 2.45) is 10.8 Å². The summed E-state index contributed by atoms with van der Waals surface area (Å²) in [5.74, 6) is -10.5. The molecule has 1 saturated carbocycles. The van der Waals surface area contributed by atoms with Crippen LogP contribution in [-0.4, -0.2) is 85.2 Å². The highest BCUT2D eigenvalue weighted by Crippen LogP contribution is 2.66. The number of hydrogen-bond acceptors (Lipinski definition) is 6. The van der Waals surface area contributed by atoms with Crippen molar-refractivity contribution in [3.63, 3.8) is 0 Å². The lowest BCUT2D eigenvalue weighted by Crippen LogP contribution is -2.59. The second-order valence-electron chi connectivity index (χ2n) is 10.9. The van der Waals surface area contributed by atoms with Crippen molar-refractivity contribution >= 4 is 29.6 Å². The maximum absolute atomic E-state index is 14.3. The van der Waals surface area contributed by atoms with E-state index in [0.717, 1.165) is 19.1 Å². The van der Waals surface area contributed by atoms with Gasteiger partial charge in [0.15, 0.2) is 0 Å². The Hall–Kier alpha value is -2.93. The van der Waals surface area contributed by atoms with Crippen LogP contribution < -0.4 is 16.0 Å². The second-order valence-corrected chi connectivity index (χ2v) is 10.9. The van der Waals surface area contributed by atoms with Gasteiger partial charge in [-0.15, -0.1) is 0 Å². The second kappa shape index (κ2) is 10.4. The van der Waals surface area contributed by atoms with E-state index < -0.39 is 103 Å². The van der Waals surface area contributed by atoms with Gasteiger partial charge in [-0.05, 0) is 25.2 Å². The normalized spacial score (nSPS) is 24.2. The van der Waals surface area contributed by atoms with Gasteiger partial charge >= 0.3 is 6.09 Å². The Morgan fingerprint density at radius 1 is 1.08 bits per heavy atom. The summed E-state index contributed by atoms with van der Waals surface area (Å²) in [6.45, 7) is 4.95. The first-order chi connectivity index (χ1) is 16.8. The Labute approximate surface area is 212 Å². The molecular weight excluding hydrogens is 504 g/mol. The molecule has 2 rings (SSSR count). The largest absolute Gasteiger partial charge is 0.453 e. The maximum atomic E-state index is 14.3. The SMILES string of the molecule is CNC(=O)C(=O)[C@H](CCC(C)(F)F)NC(=O)[C@@H]1CC2(CN1C(=O)[C@@H](NC(=O)OC)C(C)(C)C)CC2(F)F. The number of rotatable bonds is 9. The van der Waals surface area contributed by atoms with Gasteiger partial charge in [-0.1, -0.05) is 20.8 Å². The molecule has 1 unspecified atom stereocenters. The first-order valence-corrected chi connectivity index (χ1v) is 11.8. The number of alkyl carbamates (subject to hydrolysis) is 1. The number of nitrogens with one attached hydrogen (secondary N) is 3. The van der Waals surface area contributed by atoms with E-state index >= 15 is 0 Å².